The molecular formula is C22H26N4O2S. The molecule has 4 rings (SSSR count). The third-order valence-electron chi connectivity index (χ3n) is 5.19. The van der Waals surface area contributed by atoms with Gasteiger partial charge in [-0.2, -0.15) is 5.10 Å². The van der Waals surface area contributed by atoms with Gasteiger partial charge in [0.05, 0.1) is 10.6 Å². The highest BCUT2D eigenvalue weighted by Crippen LogP contribution is 2.32. The van der Waals surface area contributed by atoms with E-state index in [2.05, 4.69) is 15.3 Å². The maximum atomic E-state index is 12.4. The van der Waals surface area contributed by atoms with Gasteiger partial charge in [-0.05, 0) is 61.6 Å². The summed E-state index contributed by atoms with van der Waals surface area (Å²) in [4.78, 5) is 15.6. The number of anilines is 1. The third kappa shape index (κ3) is 4.86. The number of rotatable bonds is 7. The van der Waals surface area contributed by atoms with Gasteiger partial charge in [-0.25, -0.2) is 0 Å². The monoisotopic (exact) mass is 410 g/mol. The van der Waals surface area contributed by atoms with Crippen molar-refractivity contribution < 1.29 is 9.53 Å². The van der Waals surface area contributed by atoms with Crippen LogP contribution in [-0.2, 0) is 7.05 Å². The summed E-state index contributed by atoms with van der Waals surface area (Å²) in [5.74, 6) is 0.703. The number of carbonyl (C=O) groups excluding carboxylic acids is 1. The van der Waals surface area contributed by atoms with Gasteiger partial charge in [0, 0.05) is 31.0 Å². The van der Waals surface area contributed by atoms with Gasteiger partial charge in [0.25, 0.3) is 5.91 Å². The van der Waals surface area contributed by atoms with E-state index in [1.165, 1.54) is 30.6 Å². The molecule has 1 aromatic carbocycles. The second-order valence-electron chi connectivity index (χ2n) is 7.23. The quantitative estimate of drug-likeness (QED) is 0.632. The summed E-state index contributed by atoms with van der Waals surface area (Å²) in [5, 5.41) is 9.16. The van der Waals surface area contributed by atoms with E-state index in [0.29, 0.717) is 11.5 Å². The van der Waals surface area contributed by atoms with Crippen LogP contribution < -0.4 is 10.1 Å². The average Bonchev–Trinajstić information content (AvgIpc) is 3.42. The molecule has 1 N–H and O–H groups in total. The van der Waals surface area contributed by atoms with Gasteiger partial charge in [0.1, 0.15) is 12.4 Å². The van der Waals surface area contributed by atoms with E-state index in [9.17, 15) is 4.79 Å². The maximum absolute atomic E-state index is 12.4. The lowest BCUT2D eigenvalue weighted by atomic mass is 10.1. The van der Waals surface area contributed by atoms with Crippen LogP contribution in [0.2, 0.25) is 0 Å². The molecule has 0 unspecified atom stereocenters. The van der Waals surface area contributed by atoms with Gasteiger partial charge in [-0.1, -0.05) is 12.5 Å². The standard InChI is InChI=1S/C22H26N4O2S/c1-25-19(9-10-23-25)18-16-17(24-22(27)21-6-5-15-29-21)7-8-20(18)28-14-13-26-11-3-2-4-12-26/h5-10,15-16H,2-4,11-14H2,1H3,(H,24,27). The molecule has 3 heterocycles. The largest absolute Gasteiger partial charge is 0.492 e. The van der Waals surface area contributed by atoms with Crippen molar-refractivity contribution in [1.82, 2.24) is 14.7 Å². The van der Waals surface area contributed by atoms with Gasteiger partial charge in [-0.15, -0.1) is 11.3 Å². The Kier molecular flexibility index (Phi) is 6.27. The minimum absolute atomic E-state index is 0.102. The van der Waals surface area contributed by atoms with Crippen molar-refractivity contribution in [2.24, 2.45) is 7.05 Å². The van der Waals surface area contributed by atoms with Crippen LogP contribution in [0, 0.1) is 0 Å². The minimum Gasteiger partial charge on any atom is -0.492 e. The summed E-state index contributed by atoms with van der Waals surface area (Å²) >= 11 is 1.43. The normalized spacial score (nSPS) is 14.7. The van der Waals surface area contributed by atoms with Crippen molar-refractivity contribution in [2.45, 2.75) is 19.3 Å². The van der Waals surface area contributed by atoms with Crippen LogP contribution in [-0.4, -0.2) is 46.8 Å². The van der Waals surface area contributed by atoms with E-state index in [1.54, 1.807) is 6.20 Å². The lowest BCUT2D eigenvalue weighted by Crippen LogP contribution is -2.33. The molecule has 0 spiro atoms. The molecule has 1 fully saturated rings. The number of likely N-dealkylation sites (tertiary alicyclic amines) is 1. The Morgan fingerprint density at radius 2 is 2.07 bits per heavy atom. The molecule has 152 valence electrons. The molecule has 1 aliphatic rings. The van der Waals surface area contributed by atoms with Crippen LogP contribution in [0.5, 0.6) is 5.75 Å². The van der Waals surface area contributed by atoms with E-state index in [1.807, 2.05) is 53.5 Å². The Hall–Kier alpha value is -2.64. The van der Waals surface area contributed by atoms with Crippen molar-refractivity contribution in [1.29, 1.82) is 0 Å². The number of aromatic nitrogens is 2. The number of aryl methyl sites for hydroxylation is 1. The molecule has 0 saturated carbocycles. The highest BCUT2D eigenvalue weighted by Gasteiger charge is 2.15. The number of nitrogens with one attached hydrogen (secondary N) is 1. The smallest absolute Gasteiger partial charge is 0.265 e. The van der Waals surface area contributed by atoms with Crippen LogP contribution in [0.3, 0.4) is 0 Å². The number of nitrogens with zero attached hydrogens (tertiary/aromatic N) is 3. The highest BCUT2D eigenvalue weighted by atomic mass is 32.1. The summed E-state index contributed by atoms with van der Waals surface area (Å²) in [6, 6.07) is 11.4. The SMILES string of the molecule is Cn1nccc1-c1cc(NC(=O)c2cccs2)ccc1OCCN1CCCCC1. The number of benzene rings is 1. The third-order valence-corrected chi connectivity index (χ3v) is 6.06. The van der Waals surface area contributed by atoms with Gasteiger partial charge < -0.3 is 10.1 Å². The number of ether oxygens (including phenoxy) is 1. The van der Waals surface area contributed by atoms with Crippen LogP contribution in [0.1, 0.15) is 28.9 Å². The van der Waals surface area contributed by atoms with Gasteiger partial charge in [-0.3, -0.25) is 14.4 Å². The number of amides is 1. The Labute approximate surface area is 175 Å². The topological polar surface area (TPSA) is 59.4 Å². The summed E-state index contributed by atoms with van der Waals surface area (Å²) < 4.78 is 7.97. The average molecular weight is 411 g/mol. The fourth-order valence-electron chi connectivity index (χ4n) is 3.64. The molecule has 1 saturated heterocycles. The van der Waals surface area contributed by atoms with E-state index < -0.39 is 0 Å². The molecule has 0 radical (unpaired) electrons. The van der Waals surface area contributed by atoms with E-state index in [-0.39, 0.29) is 5.91 Å². The lowest BCUT2D eigenvalue weighted by molar-refractivity contribution is 0.103. The molecule has 0 bridgehead atoms. The Morgan fingerprint density at radius 3 is 2.79 bits per heavy atom. The van der Waals surface area contributed by atoms with Gasteiger partial charge >= 0.3 is 0 Å². The fraction of sp³-hybridized carbons (Fsp3) is 0.364. The van der Waals surface area contributed by atoms with Crippen LogP contribution in [0.4, 0.5) is 5.69 Å². The molecule has 3 aromatic rings. The van der Waals surface area contributed by atoms with Crippen molar-refractivity contribution in [3.8, 4) is 17.0 Å². The second kappa shape index (κ2) is 9.24. The number of thiophene rings is 1. The molecule has 1 aliphatic heterocycles. The van der Waals surface area contributed by atoms with E-state index >= 15 is 0 Å². The molecule has 1 amide bonds. The first-order chi connectivity index (χ1) is 14.2. The Bertz CT molecular complexity index is 946. The number of hydrogen-bond donors (Lipinski definition) is 1. The number of hydrogen-bond acceptors (Lipinski definition) is 5. The van der Waals surface area contributed by atoms with Crippen LogP contribution >= 0.6 is 11.3 Å². The zero-order valence-electron chi connectivity index (χ0n) is 16.6. The van der Waals surface area contributed by atoms with Crippen molar-refractivity contribution in [3.63, 3.8) is 0 Å². The van der Waals surface area contributed by atoms with E-state index in [4.69, 9.17) is 4.74 Å². The Balaban J connectivity index is 1.51. The predicted octanol–water partition coefficient (Wildman–Crippen LogP) is 4.27. The first kappa shape index (κ1) is 19.7. The maximum Gasteiger partial charge on any atom is 0.265 e. The van der Waals surface area contributed by atoms with Crippen LogP contribution in [0.25, 0.3) is 11.3 Å². The molecule has 29 heavy (non-hydrogen) atoms. The molecule has 0 atom stereocenters. The molecule has 0 aliphatic carbocycles. The van der Waals surface area contributed by atoms with Crippen molar-refractivity contribution in [2.75, 3.05) is 31.6 Å². The van der Waals surface area contributed by atoms with Gasteiger partial charge in [0.15, 0.2) is 0 Å². The van der Waals surface area contributed by atoms with Crippen molar-refractivity contribution in [3.05, 3.63) is 52.9 Å². The predicted molar refractivity (Wildman–Crippen MR) is 117 cm³/mol. The number of carbonyl (C=O) groups is 1. The first-order valence-corrected chi connectivity index (χ1v) is 10.9. The summed E-state index contributed by atoms with van der Waals surface area (Å²) in [5.41, 5.74) is 2.61. The minimum atomic E-state index is -0.102. The van der Waals surface area contributed by atoms with Crippen LogP contribution in [0.15, 0.2) is 48.0 Å². The Morgan fingerprint density at radius 1 is 1.21 bits per heavy atom. The lowest BCUT2D eigenvalue weighted by Gasteiger charge is -2.26. The fourth-order valence-corrected chi connectivity index (χ4v) is 4.26. The molecule has 7 heteroatoms. The summed E-state index contributed by atoms with van der Waals surface area (Å²) in [7, 11) is 1.91. The van der Waals surface area contributed by atoms with E-state index in [0.717, 1.165) is 42.3 Å². The zero-order chi connectivity index (χ0) is 20.1. The zero-order valence-corrected chi connectivity index (χ0v) is 17.5. The highest BCUT2D eigenvalue weighted by molar-refractivity contribution is 7.12. The first-order valence-electron chi connectivity index (χ1n) is 10.0. The molecular weight excluding hydrogens is 384 g/mol. The van der Waals surface area contributed by atoms with Gasteiger partial charge in [0.2, 0.25) is 0 Å². The molecule has 2 aromatic heterocycles. The second-order valence-corrected chi connectivity index (χ2v) is 8.18. The summed E-state index contributed by atoms with van der Waals surface area (Å²) in [6.45, 7) is 3.89. The molecule has 6 nitrogen and oxygen atoms in total. The summed E-state index contributed by atoms with van der Waals surface area (Å²) in [6.07, 6.45) is 5.65. The van der Waals surface area contributed by atoms with Crippen molar-refractivity contribution >= 4 is 22.9 Å². The number of piperidine rings is 1.